The third kappa shape index (κ3) is 4.62. The van der Waals surface area contributed by atoms with Crippen LogP contribution in [0.3, 0.4) is 0 Å². The summed E-state index contributed by atoms with van der Waals surface area (Å²) in [5.41, 5.74) is 0. The number of rotatable bonds is 6. The molecule has 0 aliphatic carbocycles. The summed E-state index contributed by atoms with van der Waals surface area (Å²) in [6, 6.07) is -0.266. The number of aliphatic carboxylic acids is 1. The topological polar surface area (TPSA) is 49.3 Å². The number of thiol groups is 1. The van der Waals surface area contributed by atoms with E-state index in [1.165, 1.54) is 0 Å². The Bertz CT molecular complexity index is 141. The van der Waals surface area contributed by atoms with Crippen LogP contribution in [0, 0.1) is 0 Å². The van der Waals surface area contributed by atoms with Crippen LogP contribution >= 0.6 is 12.6 Å². The van der Waals surface area contributed by atoms with E-state index in [-0.39, 0.29) is 6.04 Å². The first kappa shape index (κ1) is 11.8. The minimum atomic E-state index is -0.826. The third-order valence-corrected chi connectivity index (χ3v) is 2.05. The number of carbonyl (C=O) groups is 1. The molecule has 4 heteroatoms. The molecule has 2 atom stereocenters. The Morgan fingerprint density at radius 3 is 2.58 bits per heavy atom. The molecule has 0 aliphatic rings. The van der Waals surface area contributed by atoms with Gasteiger partial charge >= 0.3 is 5.97 Å². The fourth-order valence-corrected chi connectivity index (χ4v) is 1.32. The summed E-state index contributed by atoms with van der Waals surface area (Å²) < 4.78 is 0. The van der Waals surface area contributed by atoms with Crippen molar-refractivity contribution in [2.24, 2.45) is 0 Å². The molecule has 0 aliphatic heterocycles. The van der Waals surface area contributed by atoms with Crippen molar-refractivity contribution < 1.29 is 9.90 Å². The van der Waals surface area contributed by atoms with Crippen molar-refractivity contribution >= 4 is 18.6 Å². The lowest BCUT2D eigenvalue weighted by Crippen LogP contribution is -2.43. The lowest BCUT2D eigenvalue weighted by atomic mass is 10.2. The van der Waals surface area contributed by atoms with Crippen molar-refractivity contribution in [1.29, 1.82) is 0 Å². The molecule has 0 amide bonds. The Morgan fingerprint density at radius 2 is 2.25 bits per heavy atom. The van der Waals surface area contributed by atoms with Crippen molar-refractivity contribution in [2.75, 3.05) is 5.75 Å². The molecule has 0 saturated heterocycles. The zero-order chi connectivity index (χ0) is 9.56. The third-order valence-electron chi connectivity index (χ3n) is 1.69. The molecule has 72 valence electrons. The van der Waals surface area contributed by atoms with E-state index in [0.29, 0.717) is 5.75 Å². The molecule has 0 aromatic carbocycles. The molecule has 0 bridgehead atoms. The van der Waals surface area contributed by atoms with Crippen LogP contribution in [0.5, 0.6) is 0 Å². The van der Waals surface area contributed by atoms with Gasteiger partial charge in [-0.05, 0) is 13.3 Å². The minimum absolute atomic E-state index is 0.253. The van der Waals surface area contributed by atoms with Gasteiger partial charge in [0, 0.05) is 11.8 Å². The van der Waals surface area contributed by atoms with Crippen molar-refractivity contribution in [3.63, 3.8) is 0 Å². The van der Waals surface area contributed by atoms with Gasteiger partial charge in [-0.25, -0.2) is 0 Å². The summed E-state index contributed by atoms with van der Waals surface area (Å²) in [4.78, 5) is 10.6. The van der Waals surface area contributed by atoms with Gasteiger partial charge in [-0.2, -0.15) is 12.6 Å². The maximum atomic E-state index is 10.6. The number of hydrogen-bond donors (Lipinski definition) is 3. The first-order valence-electron chi connectivity index (χ1n) is 4.21. The van der Waals surface area contributed by atoms with E-state index in [1.54, 1.807) is 0 Å². The molecule has 0 heterocycles. The lowest BCUT2D eigenvalue weighted by Gasteiger charge is -2.17. The van der Waals surface area contributed by atoms with Crippen molar-refractivity contribution in [1.82, 2.24) is 5.32 Å². The second kappa shape index (κ2) is 6.31. The van der Waals surface area contributed by atoms with Gasteiger partial charge in [-0.15, -0.1) is 0 Å². The molecule has 12 heavy (non-hydrogen) atoms. The highest BCUT2D eigenvalue weighted by molar-refractivity contribution is 7.80. The Labute approximate surface area is 79.0 Å². The lowest BCUT2D eigenvalue weighted by molar-refractivity contribution is -0.139. The second-order valence-electron chi connectivity index (χ2n) is 2.93. The smallest absolute Gasteiger partial charge is 0.321 e. The molecular formula is C8H17NO2S. The number of carboxylic acids is 1. The molecule has 0 aromatic heterocycles. The van der Waals surface area contributed by atoms with Crippen LogP contribution < -0.4 is 5.32 Å². The number of carboxylic acid groups (broad SMARTS) is 1. The van der Waals surface area contributed by atoms with Gasteiger partial charge < -0.3 is 10.4 Å². The molecule has 0 radical (unpaired) electrons. The van der Waals surface area contributed by atoms with E-state index in [2.05, 4.69) is 24.9 Å². The van der Waals surface area contributed by atoms with Crippen molar-refractivity contribution in [2.45, 2.75) is 38.8 Å². The second-order valence-corrected chi connectivity index (χ2v) is 3.29. The summed E-state index contributed by atoms with van der Waals surface area (Å²) >= 11 is 3.95. The molecule has 0 saturated carbocycles. The maximum Gasteiger partial charge on any atom is 0.321 e. The summed E-state index contributed by atoms with van der Waals surface area (Å²) in [5.74, 6) is -0.489. The van der Waals surface area contributed by atoms with E-state index in [9.17, 15) is 4.79 Å². The van der Waals surface area contributed by atoms with Gasteiger partial charge in [0.1, 0.15) is 6.04 Å². The van der Waals surface area contributed by atoms with Crippen LogP contribution in [0.4, 0.5) is 0 Å². The number of nitrogens with one attached hydrogen (secondary N) is 1. The number of hydrogen-bond acceptors (Lipinski definition) is 3. The van der Waals surface area contributed by atoms with Crippen LogP contribution in [0.15, 0.2) is 0 Å². The van der Waals surface area contributed by atoms with Gasteiger partial charge in [0.25, 0.3) is 0 Å². The summed E-state index contributed by atoms with van der Waals surface area (Å²) in [5, 5.41) is 11.7. The molecule has 0 spiro atoms. The highest BCUT2D eigenvalue weighted by Crippen LogP contribution is 1.98. The average Bonchev–Trinajstić information content (AvgIpc) is 2.00. The Balaban J connectivity index is 3.77. The Kier molecular flexibility index (Phi) is 6.20. The predicted molar refractivity (Wildman–Crippen MR) is 52.8 cm³/mol. The fourth-order valence-electron chi connectivity index (χ4n) is 1.06. The maximum absolute atomic E-state index is 10.6. The SMILES string of the molecule is CCCC(C)NC(CS)C(=O)O. The fraction of sp³-hybridized carbons (Fsp3) is 0.875. The van der Waals surface area contributed by atoms with E-state index >= 15 is 0 Å². The zero-order valence-corrected chi connectivity index (χ0v) is 8.47. The molecule has 0 rings (SSSR count). The van der Waals surface area contributed by atoms with Crippen LogP contribution in [-0.2, 0) is 4.79 Å². The molecule has 3 nitrogen and oxygen atoms in total. The van der Waals surface area contributed by atoms with Gasteiger partial charge in [-0.1, -0.05) is 13.3 Å². The molecule has 0 fully saturated rings. The molecule has 2 unspecified atom stereocenters. The van der Waals surface area contributed by atoms with Crippen molar-refractivity contribution in [3.8, 4) is 0 Å². The quantitative estimate of drug-likeness (QED) is 0.552. The minimum Gasteiger partial charge on any atom is -0.480 e. The molecular weight excluding hydrogens is 174 g/mol. The first-order valence-corrected chi connectivity index (χ1v) is 4.84. The first-order chi connectivity index (χ1) is 5.61. The summed E-state index contributed by atoms with van der Waals surface area (Å²) in [6.07, 6.45) is 2.06. The van der Waals surface area contributed by atoms with E-state index < -0.39 is 12.0 Å². The van der Waals surface area contributed by atoms with Gasteiger partial charge in [0.2, 0.25) is 0 Å². The molecule has 2 N–H and O–H groups in total. The van der Waals surface area contributed by atoms with E-state index in [4.69, 9.17) is 5.11 Å². The summed E-state index contributed by atoms with van der Waals surface area (Å²) in [7, 11) is 0. The van der Waals surface area contributed by atoms with Gasteiger partial charge in [0.15, 0.2) is 0 Å². The van der Waals surface area contributed by atoms with Crippen LogP contribution in [0.1, 0.15) is 26.7 Å². The van der Waals surface area contributed by atoms with Crippen LogP contribution in [0.25, 0.3) is 0 Å². The largest absolute Gasteiger partial charge is 0.480 e. The van der Waals surface area contributed by atoms with E-state index in [0.717, 1.165) is 12.8 Å². The van der Waals surface area contributed by atoms with Gasteiger partial charge in [0.05, 0.1) is 0 Å². The summed E-state index contributed by atoms with van der Waals surface area (Å²) in [6.45, 7) is 4.07. The molecule has 0 aromatic rings. The Morgan fingerprint density at radius 1 is 1.67 bits per heavy atom. The van der Waals surface area contributed by atoms with Crippen LogP contribution in [-0.4, -0.2) is 28.9 Å². The average molecular weight is 191 g/mol. The Hall–Kier alpha value is -0.220. The van der Waals surface area contributed by atoms with Crippen molar-refractivity contribution in [3.05, 3.63) is 0 Å². The highest BCUT2D eigenvalue weighted by atomic mass is 32.1. The standard InChI is InChI=1S/C8H17NO2S/c1-3-4-6(2)9-7(5-12)8(10)11/h6-7,9,12H,3-5H2,1-2H3,(H,10,11). The zero-order valence-electron chi connectivity index (χ0n) is 7.58. The van der Waals surface area contributed by atoms with Crippen LogP contribution in [0.2, 0.25) is 0 Å². The predicted octanol–water partition coefficient (Wildman–Crippen LogP) is 1.15. The monoisotopic (exact) mass is 191 g/mol. The normalized spacial score (nSPS) is 15.6. The van der Waals surface area contributed by atoms with E-state index in [1.807, 2.05) is 6.92 Å². The highest BCUT2D eigenvalue weighted by Gasteiger charge is 2.16. The van der Waals surface area contributed by atoms with Gasteiger partial charge in [-0.3, -0.25) is 4.79 Å².